The second-order valence-corrected chi connectivity index (χ2v) is 9.96. The van der Waals surface area contributed by atoms with Crippen molar-refractivity contribution < 1.29 is 17.7 Å². The van der Waals surface area contributed by atoms with Gasteiger partial charge in [0.1, 0.15) is 5.41 Å². The van der Waals surface area contributed by atoms with Gasteiger partial charge < -0.3 is 4.48 Å². The van der Waals surface area contributed by atoms with Gasteiger partial charge in [-0.1, -0.05) is 60.7 Å². The van der Waals surface area contributed by atoms with Crippen molar-refractivity contribution in [3.05, 3.63) is 71.8 Å². The fourth-order valence-electron chi connectivity index (χ4n) is 6.46. The zero-order valence-corrected chi connectivity index (χ0v) is 18.7. The quantitative estimate of drug-likeness (QED) is 0.443. The Morgan fingerprint density at radius 3 is 1.84 bits per heavy atom. The van der Waals surface area contributed by atoms with Crippen LogP contribution >= 0.6 is 0 Å². The molecule has 0 aromatic heterocycles. The van der Waals surface area contributed by atoms with Crippen molar-refractivity contribution >= 4 is 0 Å². The number of nitrogens with zero attached hydrogens (tertiary/aromatic N) is 2. The van der Waals surface area contributed by atoms with Gasteiger partial charge in [0.15, 0.2) is 0 Å². The predicted octanol–water partition coefficient (Wildman–Crippen LogP) is 6.62. The lowest BCUT2D eigenvalue weighted by atomic mass is 9.67. The van der Waals surface area contributed by atoms with E-state index in [-0.39, 0.29) is 6.42 Å². The molecule has 2 bridgehead atoms. The van der Waals surface area contributed by atoms with E-state index in [1.54, 1.807) is 0 Å². The van der Waals surface area contributed by atoms with E-state index in [0.717, 1.165) is 47.7 Å². The molecule has 32 heavy (non-hydrogen) atoms. The molecule has 2 fully saturated rings. The summed E-state index contributed by atoms with van der Waals surface area (Å²) in [4.78, 5) is 0. The number of halogens is 3. The predicted molar refractivity (Wildman–Crippen MR) is 120 cm³/mol. The highest BCUT2D eigenvalue weighted by atomic mass is 19.4. The molecule has 0 saturated carbocycles. The number of alkyl halides is 3. The van der Waals surface area contributed by atoms with Crippen LogP contribution in [0.5, 0.6) is 0 Å². The fraction of sp³-hybridized carbons (Fsp3) is 0.519. The van der Waals surface area contributed by atoms with Crippen LogP contribution in [0.3, 0.4) is 0 Å². The second-order valence-electron chi connectivity index (χ2n) is 9.96. The Kier molecular flexibility index (Phi) is 6.36. The van der Waals surface area contributed by atoms with E-state index in [1.807, 2.05) is 60.7 Å². The molecular formula is C27H32F3N2+. The second kappa shape index (κ2) is 8.90. The van der Waals surface area contributed by atoms with E-state index in [0.29, 0.717) is 24.5 Å². The Balaban J connectivity index is 1.55. The number of nitriles is 1. The third-order valence-electron chi connectivity index (χ3n) is 8.13. The highest BCUT2D eigenvalue weighted by Crippen LogP contribution is 2.49. The van der Waals surface area contributed by atoms with Crippen LogP contribution in [0, 0.1) is 17.2 Å². The summed E-state index contributed by atoms with van der Waals surface area (Å²) >= 11 is 0. The van der Waals surface area contributed by atoms with Crippen LogP contribution in [-0.4, -0.2) is 36.3 Å². The molecule has 170 valence electrons. The van der Waals surface area contributed by atoms with Crippen molar-refractivity contribution in [3.63, 3.8) is 0 Å². The molecule has 2 saturated heterocycles. The zero-order valence-electron chi connectivity index (χ0n) is 18.7. The van der Waals surface area contributed by atoms with E-state index < -0.39 is 18.0 Å². The molecule has 2 heterocycles. The number of hydrogen-bond acceptors (Lipinski definition) is 1. The van der Waals surface area contributed by atoms with Crippen molar-refractivity contribution in [2.24, 2.45) is 5.92 Å². The number of piperidine rings is 1. The van der Waals surface area contributed by atoms with Gasteiger partial charge in [0.2, 0.25) is 0 Å². The Hall–Kier alpha value is -2.32. The van der Waals surface area contributed by atoms with Crippen LogP contribution in [0.15, 0.2) is 60.7 Å². The Morgan fingerprint density at radius 1 is 0.906 bits per heavy atom. The Bertz CT molecular complexity index is 879. The summed E-state index contributed by atoms with van der Waals surface area (Å²) in [6, 6.07) is 23.6. The number of rotatable bonds is 7. The van der Waals surface area contributed by atoms with Gasteiger partial charge >= 0.3 is 6.18 Å². The Morgan fingerprint density at radius 2 is 1.41 bits per heavy atom. The van der Waals surface area contributed by atoms with Crippen LogP contribution in [-0.2, 0) is 5.41 Å². The van der Waals surface area contributed by atoms with Crippen molar-refractivity contribution in [3.8, 4) is 6.07 Å². The molecule has 2 unspecified atom stereocenters. The van der Waals surface area contributed by atoms with E-state index in [1.165, 1.54) is 0 Å². The first-order chi connectivity index (χ1) is 15.3. The summed E-state index contributed by atoms with van der Waals surface area (Å²) in [5, 5.41) is 10.5. The van der Waals surface area contributed by atoms with E-state index >= 15 is 0 Å². The summed E-state index contributed by atoms with van der Waals surface area (Å²) in [6.07, 6.45) is 0.336. The molecule has 0 spiro atoms. The molecule has 2 aliphatic heterocycles. The van der Waals surface area contributed by atoms with Crippen LogP contribution in [0.1, 0.15) is 56.1 Å². The first-order valence-corrected chi connectivity index (χ1v) is 11.7. The maximum Gasteiger partial charge on any atom is 0.389 e. The average Bonchev–Trinajstić information content (AvgIpc) is 2.94. The topological polar surface area (TPSA) is 23.8 Å². The first kappa shape index (κ1) is 22.9. The molecule has 0 amide bonds. The van der Waals surface area contributed by atoms with Crippen LogP contribution in [0.2, 0.25) is 0 Å². The Labute approximate surface area is 189 Å². The molecule has 0 radical (unpaired) electrons. The zero-order chi connectivity index (χ0) is 22.8. The molecule has 2 nitrogen and oxygen atoms in total. The standard InChI is InChI=1S/C27H32F3N2/c1-32(16-8-15-27(28,29)30)24-13-14-25(32)18-21(17-24)19-26(20-31,22-9-4-2-5-10-22)23-11-6-3-7-12-23/h2-7,9-12,21,24-25H,8,13-19H2,1H3/q+1. The highest BCUT2D eigenvalue weighted by Gasteiger charge is 2.52. The minimum absolute atomic E-state index is 0.202. The molecular weight excluding hydrogens is 409 g/mol. The summed E-state index contributed by atoms with van der Waals surface area (Å²) in [5.41, 5.74) is 1.34. The van der Waals surface area contributed by atoms with Gasteiger partial charge in [-0.2, -0.15) is 18.4 Å². The van der Waals surface area contributed by atoms with Crippen molar-refractivity contribution in [2.45, 2.75) is 68.6 Å². The molecule has 2 atom stereocenters. The number of fused-ring (bicyclic) bond motifs is 2. The number of hydrogen-bond donors (Lipinski definition) is 0. The summed E-state index contributed by atoms with van der Waals surface area (Å²) in [5.74, 6) is 0.390. The van der Waals surface area contributed by atoms with Crippen molar-refractivity contribution in [1.82, 2.24) is 0 Å². The molecule has 5 heteroatoms. The maximum atomic E-state index is 12.7. The smallest absolute Gasteiger partial charge is 0.321 e. The SMILES string of the molecule is C[N+]1(CCCC(F)(F)F)C2CCC1CC(CC(C#N)(c1ccccc1)c1ccccc1)C2. The van der Waals surface area contributed by atoms with E-state index in [4.69, 9.17) is 0 Å². The molecule has 0 N–H and O–H groups in total. The molecule has 2 aliphatic rings. The van der Waals surface area contributed by atoms with Crippen LogP contribution < -0.4 is 0 Å². The van der Waals surface area contributed by atoms with Crippen molar-refractivity contribution in [1.29, 1.82) is 5.26 Å². The molecule has 4 rings (SSSR count). The highest BCUT2D eigenvalue weighted by molar-refractivity contribution is 5.45. The van der Waals surface area contributed by atoms with E-state index in [9.17, 15) is 18.4 Å². The van der Waals surface area contributed by atoms with Gasteiger partial charge in [0.25, 0.3) is 0 Å². The third-order valence-corrected chi connectivity index (χ3v) is 8.13. The lowest BCUT2D eigenvalue weighted by Crippen LogP contribution is -2.58. The van der Waals surface area contributed by atoms with Gasteiger partial charge in [-0.25, -0.2) is 0 Å². The largest absolute Gasteiger partial charge is 0.389 e. The van der Waals surface area contributed by atoms with Gasteiger partial charge in [0.05, 0.1) is 31.7 Å². The number of quaternary nitrogens is 1. The lowest BCUT2D eigenvalue weighted by Gasteiger charge is -2.48. The first-order valence-electron chi connectivity index (χ1n) is 11.7. The van der Waals surface area contributed by atoms with E-state index in [2.05, 4.69) is 13.1 Å². The summed E-state index contributed by atoms with van der Waals surface area (Å²) in [7, 11) is 2.17. The summed E-state index contributed by atoms with van der Waals surface area (Å²) < 4.78 is 38.9. The van der Waals surface area contributed by atoms with Gasteiger partial charge in [-0.3, -0.25) is 0 Å². The average molecular weight is 442 g/mol. The van der Waals surface area contributed by atoms with Gasteiger partial charge in [0, 0.05) is 38.5 Å². The van der Waals surface area contributed by atoms with Crippen LogP contribution in [0.4, 0.5) is 13.2 Å². The molecule has 2 aromatic carbocycles. The minimum Gasteiger partial charge on any atom is -0.321 e. The molecule has 2 aromatic rings. The number of benzene rings is 2. The van der Waals surface area contributed by atoms with Crippen LogP contribution in [0.25, 0.3) is 0 Å². The summed E-state index contributed by atoms with van der Waals surface area (Å²) in [6.45, 7) is 0.600. The van der Waals surface area contributed by atoms with Gasteiger partial charge in [-0.15, -0.1) is 0 Å². The van der Waals surface area contributed by atoms with Gasteiger partial charge in [-0.05, 0) is 23.5 Å². The fourth-order valence-corrected chi connectivity index (χ4v) is 6.46. The normalized spacial score (nSPS) is 27.8. The monoisotopic (exact) mass is 441 g/mol. The third kappa shape index (κ3) is 4.43. The minimum atomic E-state index is -4.08. The van der Waals surface area contributed by atoms with Crippen molar-refractivity contribution in [2.75, 3.05) is 13.6 Å². The maximum absolute atomic E-state index is 12.7. The lowest BCUT2D eigenvalue weighted by molar-refractivity contribution is -0.949. The molecule has 0 aliphatic carbocycles.